The molecule has 1 heterocycles. The Morgan fingerprint density at radius 3 is 2.15 bits per heavy atom. The van der Waals surface area contributed by atoms with Crippen LogP contribution < -0.4 is 18.9 Å². The molecule has 52 heavy (non-hydrogen) atoms. The lowest BCUT2D eigenvalue weighted by molar-refractivity contribution is -0.144. The smallest absolute Gasteiger partial charge is 0.338 e. The average molecular weight is 719 g/mol. The van der Waals surface area contributed by atoms with Gasteiger partial charge in [-0.25, -0.2) is 4.79 Å². The number of aryl methyl sites for hydroxylation is 1. The first-order valence-corrected chi connectivity index (χ1v) is 18.5. The lowest BCUT2D eigenvalue weighted by Gasteiger charge is -2.21. The van der Waals surface area contributed by atoms with Crippen LogP contribution in [0.2, 0.25) is 0 Å². The number of hydrogen-bond donors (Lipinski definition) is 0. The molecule has 1 aliphatic rings. The predicted molar refractivity (Wildman–Crippen MR) is 198 cm³/mol. The minimum atomic E-state index is -0.632. The van der Waals surface area contributed by atoms with Crippen LogP contribution in [0.25, 0.3) is 11.1 Å². The lowest BCUT2D eigenvalue weighted by Crippen LogP contribution is -2.24. The van der Waals surface area contributed by atoms with Crippen LogP contribution in [0, 0.1) is 0 Å². The Bertz CT molecular complexity index is 1620. The highest BCUT2D eigenvalue weighted by Gasteiger charge is 2.21. The van der Waals surface area contributed by atoms with Crippen molar-refractivity contribution in [1.29, 1.82) is 0 Å². The molecular formula is C42H54O10. The van der Waals surface area contributed by atoms with Gasteiger partial charge < -0.3 is 33.2 Å². The van der Waals surface area contributed by atoms with Gasteiger partial charge in [0.05, 0.1) is 32.0 Å². The Hall–Kier alpha value is -4.73. The van der Waals surface area contributed by atoms with Crippen LogP contribution in [0.1, 0.15) is 101 Å². The molecule has 0 saturated heterocycles. The van der Waals surface area contributed by atoms with Crippen LogP contribution in [-0.2, 0) is 36.6 Å². The van der Waals surface area contributed by atoms with E-state index in [4.69, 9.17) is 33.2 Å². The molecule has 0 unspecified atom stereocenters. The summed E-state index contributed by atoms with van der Waals surface area (Å²) >= 11 is 0. The lowest BCUT2D eigenvalue weighted by atomic mass is 9.96. The Morgan fingerprint density at radius 2 is 1.40 bits per heavy atom. The summed E-state index contributed by atoms with van der Waals surface area (Å²) in [5, 5.41) is 0. The minimum Gasteiger partial charge on any atom is -0.494 e. The van der Waals surface area contributed by atoms with E-state index in [0.717, 1.165) is 60.1 Å². The minimum absolute atomic E-state index is 0.233. The Balaban J connectivity index is 1.33. The summed E-state index contributed by atoms with van der Waals surface area (Å²) in [6.07, 6.45) is 6.24. The van der Waals surface area contributed by atoms with Gasteiger partial charge in [-0.05, 0) is 125 Å². The van der Waals surface area contributed by atoms with Crippen LogP contribution in [0.15, 0.2) is 54.6 Å². The summed E-state index contributed by atoms with van der Waals surface area (Å²) in [4.78, 5) is 37.0. The topological polar surface area (TPSA) is 116 Å². The fraction of sp³-hybridized carbons (Fsp3) is 0.500. The molecule has 0 radical (unpaired) electrons. The second kappa shape index (κ2) is 20.3. The van der Waals surface area contributed by atoms with Gasteiger partial charge in [-0.1, -0.05) is 31.0 Å². The van der Waals surface area contributed by atoms with E-state index in [1.165, 1.54) is 0 Å². The molecule has 4 rings (SSSR count). The molecule has 0 atom stereocenters. The quantitative estimate of drug-likeness (QED) is 0.0640. The van der Waals surface area contributed by atoms with E-state index < -0.39 is 11.6 Å². The molecule has 3 aromatic carbocycles. The number of hydrogen-bond acceptors (Lipinski definition) is 10. The number of carbonyl (C=O) groups excluding carboxylic acids is 3. The van der Waals surface area contributed by atoms with E-state index in [2.05, 4.69) is 6.07 Å². The molecule has 0 bridgehead atoms. The fourth-order valence-electron chi connectivity index (χ4n) is 5.84. The number of ether oxygens (including phenoxy) is 7. The zero-order valence-electron chi connectivity index (χ0n) is 31.4. The first kappa shape index (κ1) is 40.0. The van der Waals surface area contributed by atoms with Crippen molar-refractivity contribution in [3.05, 3.63) is 71.3 Å². The Morgan fingerprint density at radius 1 is 0.692 bits per heavy atom. The van der Waals surface area contributed by atoms with E-state index in [1.807, 2.05) is 63.2 Å². The van der Waals surface area contributed by atoms with Crippen LogP contribution in [0.3, 0.4) is 0 Å². The van der Waals surface area contributed by atoms with Gasteiger partial charge in [-0.3, -0.25) is 9.59 Å². The maximum atomic E-state index is 13.1. The monoisotopic (exact) mass is 718 g/mol. The molecule has 0 aromatic heterocycles. The van der Waals surface area contributed by atoms with Crippen molar-refractivity contribution in [2.75, 3.05) is 39.6 Å². The summed E-state index contributed by atoms with van der Waals surface area (Å²) in [7, 11) is 0. The predicted octanol–water partition coefficient (Wildman–Crippen LogP) is 8.48. The van der Waals surface area contributed by atoms with Gasteiger partial charge in [0, 0.05) is 12.8 Å². The molecule has 10 heteroatoms. The second-order valence-corrected chi connectivity index (χ2v) is 13.6. The van der Waals surface area contributed by atoms with Crippen LogP contribution in [0.5, 0.6) is 23.0 Å². The average Bonchev–Trinajstić information content (AvgIpc) is 3.11. The molecule has 0 amide bonds. The number of unbranched alkanes of at least 4 members (excludes halogenated alkanes) is 3. The van der Waals surface area contributed by atoms with Crippen molar-refractivity contribution in [3.8, 4) is 34.1 Å². The van der Waals surface area contributed by atoms with Crippen molar-refractivity contribution >= 4 is 17.9 Å². The second-order valence-electron chi connectivity index (χ2n) is 13.6. The summed E-state index contributed by atoms with van der Waals surface area (Å²) in [5.41, 5.74) is 3.64. The van der Waals surface area contributed by atoms with Crippen LogP contribution in [0.4, 0.5) is 0 Å². The van der Waals surface area contributed by atoms with Crippen molar-refractivity contribution in [2.45, 2.75) is 98.0 Å². The molecule has 0 spiro atoms. The van der Waals surface area contributed by atoms with Crippen molar-refractivity contribution in [3.63, 3.8) is 0 Å². The van der Waals surface area contributed by atoms with Gasteiger partial charge in [-0.15, -0.1) is 0 Å². The highest BCUT2D eigenvalue weighted by molar-refractivity contribution is 5.92. The van der Waals surface area contributed by atoms with Crippen LogP contribution >= 0.6 is 0 Å². The fourth-order valence-corrected chi connectivity index (χ4v) is 5.84. The molecule has 10 nitrogen and oxygen atoms in total. The number of benzene rings is 3. The van der Waals surface area contributed by atoms with E-state index in [9.17, 15) is 14.4 Å². The standard InChI is InChI=1S/C42H54O10/c1-6-46-39(43)17-13-23-49-36-16-12-15-30(35(36)19-21-40(44)47-7-2)14-10-8-9-11-22-48-34-27-32(26-33(28-34)41(45)52-42(3,4)5)31-18-20-37-38(29-31)51-25-24-50-37/h12,15-16,18,20,26-29H,6-11,13-14,17,19,21-25H2,1-5H3. The summed E-state index contributed by atoms with van der Waals surface area (Å²) in [6.45, 7) is 11.7. The largest absolute Gasteiger partial charge is 0.494 e. The number of carbonyl (C=O) groups is 3. The van der Waals surface area contributed by atoms with Gasteiger partial charge in [0.15, 0.2) is 11.5 Å². The van der Waals surface area contributed by atoms with E-state index in [0.29, 0.717) is 81.7 Å². The third-order valence-electron chi connectivity index (χ3n) is 8.23. The third-order valence-corrected chi connectivity index (χ3v) is 8.23. The third kappa shape index (κ3) is 13.1. The van der Waals surface area contributed by atoms with Gasteiger partial charge >= 0.3 is 17.9 Å². The Kier molecular flexibility index (Phi) is 15.7. The molecular weight excluding hydrogens is 664 g/mol. The molecule has 0 saturated carbocycles. The molecule has 0 aliphatic carbocycles. The molecule has 282 valence electrons. The van der Waals surface area contributed by atoms with Gasteiger partial charge in [0.1, 0.15) is 30.3 Å². The van der Waals surface area contributed by atoms with E-state index in [1.54, 1.807) is 19.9 Å². The summed E-state index contributed by atoms with van der Waals surface area (Å²) in [6, 6.07) is 17.2. The van der Waals surface area contributed by atoms with Gasteiger partial charge in [-0.2, -0.15) is 0 Å². The number of esters is 3. The maximum Gasteiger partial charge on any atom is 0.338 e. The maximum absolute atomic E-state index is 13.1. The zero-order chi connectivity index (χ0) is 37.3. The van der Waals surface area contributed by atoms with Crippen molar-refractivity contribution in [1.82, 2.24) is 0 Å². The zero-order valence-corrected chi connectivity index (χ0v) is 31.4. The normalized spacial score (nSPS) is 12.2. The van der Waals surface area contributed by atoms with Gasteiger partial charge in [0.25, 0.3) is 0 Å². The highest BCUT2D eigenvalue weighted by atomic mass is 16.6. The summed E-state index contributed by atoms with van der Waals surface area (Å²) in [5.74, 6) is 1.83. The van der Waals surface area contributed by atoms with Crippen molar-refractivity contribution < 1.29 is 47.5 Å². The molecule has 1 aliphatic heterocycles. The first-order chi connectivity index (χ1) is 25.1. The van der Waals surface area contributed by atoms with E-state index >= 15 is 0 Å². The van der Waals surface area contributed by atoms with E-state index in [-0.39, 0.29) is 18.4 Å². The van der Waals surface area contributed by atoms with Gasteiger partial charge in [0.2, 0.25) is 0 Å². The number of fused-ring (bicyclic) bond motifs is 1. The SMILES string of the molecule is CCOC(=O)CCCOc1cccc(CCCCCCOc2cc(C(=O)OC(C)(C)C)cc(-c3ccc4c(c3)OCCO4)c2)c1CCC(=O)OCC. The molecule has 0 N–H and O–H groups in total. The Labute approximate surface area is 308 Å². The first-order valence-electron chi connectivity index (χ1n) is 18.5. The molecule has 3 aromatic rings. The highest BCUT2D eigenvalue weighted by Crippen LogP contribution is 2.36. The van der Waals surface area contributed by atoms with Crippen LogP contribution in [-0.4, -0.2) is 63.2 Å². The number of rotatable bonds is 20. The summed E-state index contributed by atoms with van der Waals surface area (Å²) < 4.78 is 39.6. The molecule has 0 fully saturated rings. The van der Waals surface area contributed by atoms with Crippen molar-refractivity contribution in [2.24, 2.45) is 0 Å².